The summed E-state index contributed by atoms with van der Waals surface area (Å²) in [6, 6.07) is 0. The molecule has 0 heterocycles. The Kier molecular flexibility index (Phi) is 13.9. The molecule has 0 atom stereocenters. The van der Waals surface area contributed by atoms with Crippen molar-refractivity contribution in [1.82, 2.24) is 0 Å². The Morgan fingerprint density at radius 1 is 0.720 bits per heavy atom. The third kappa shape index (κ3) is 10.7. The Labute approximate surface area is 157 Å². The molecule has 0 aromatic rings. The first-order valence-electron chi connectivity index (χ1n) is 10.9. The van der Waals surface area contributed by atoms with Crippen molar-refractivity contribution in [3.8, 4) is 0 Å². The maximum Gasteiger partial charge on any atom is 0.331 e. The molecule has 0 amide bonds. The van der Waals surface area contributed by atoms with Crippen molar-refractivity contribution in [2.24, 2.45) is 5.41 Å². The van der Waals surface area contributed by atoms with Crippen molar-refractivity contribution in [1.29, 1.82) is 0 Å². The van der Waals surface area contributed by atoms with Crippen molar-refractivity contribution in [2.45, 2.75) is 125 Å². The third-order valence-electron chi connectivity index (χ3n) is 5.41. The Balaban J connectivity index is 5.10. The lowest BCUT2D eigenvalue weighted by atomic mass is 9.74. The molecule has 0 aliphatic rings. The molecule has 0 spiro atoms. The highest BCUT2D eigenvalue weighted by atomic mass is 16.4. The smallest absolute Gasteiger partial charge is 0.331 e. The molecule has 0 saturated heterocycles. The highest BCUT2D eigenvalue weighted by Crippen LogP contribution is 2.39. The summed E-state index contributed by atoms with van der Waals surface area (Å²) in [6.45, 7) is 11.2. The molecule has 0 rings (SSSR count). The Bertz CT molecular complexity index is 380. The van der Waals surface area contributed by atoms with Crippen LogP contribution in [0.25, 0.3) is 0 Å². The van der Waals surface area contributed by atoms with Crippen LogP contribution < -0.4 is 0 Å². The predicted octanol–water partition coefficient (Wildman–Crippen LogP) is 7.91. The van der Waals surface area contributed by atoms with Gasteiger partial charge in [0.15, 0.2) is 0 Å². The Hall–Kier alpha value is -0.790. The number of carbonyl (C=O) groups is 1. The van der Waals surface area contributed by atoms with Crippen LogP contribution in [-0.4, -0.2) is 11.1 Å². The first-order chi connectivity index (χ1) is 11.9. The van der Waals surface area contributed by atoms with Gasteiger partial charge in [-0.2, -0.15) is 0 Å². The number of allylic oxidation sites excluding steroid dienone is 1. The maximum atomic E-state index is 12.0. The molecule has 0 aromatic carbocycles. The van der Waals surface area contributed by atoms with E-state index in [0.29, 0.717) is 0 Å². The first-order valence-corrected chi connectivity index (χ1v) is 10.9. The quantitative estimate of drug-likeness (QED) is 0.226. The second-order valence-electron chi connectivity index (χ2n) is 8.22. The minimum Gasteiger partial charge on any atom is -0.478 e. The van der Waals surface area contributed by atoms with Crippen LogP contribution >= 0.6 is 0 Å². The lowest BCUT2D eigenvalue weighted by Gasteiger charge is -2.31. The SMILES string of the molecule is CCCCCCCC(C)(C)C(CCCC)=C(CCCCCC)C(=O)O. The molecule has 0 unspecified atom stereocenters. The van der Waals surface area contributed by atoms with Crippen LogP contribution in [0.1, 0.15) is 125 Å². The average molecular weight is 353 g/mol. The number of aliphatic carboxylic acids is 1. The van der Waals surface area contributed by atoms with Crippen LogP contribution in [0, 0.1) is 5.41 Å². The minimum atomic E-state index is -0.679. The summed E-state index contributed by atoms with van der Waals surface area (Å²) in [4.78, 5) is 12.0. The van der Waals surface area contributed by atoms with Gasteiger partial charge in [0.25, 0.3) is 0 Å². The van der Waals surface area contributed by atoms with E-state index >= 15 is 0 Å². The summed E-state index contributed by atoms with van der Waals surface area (Å²) in [6.07, 6.45) is 16.0. The van der Waals surface area contributed by atoms with E-state index in [9.17, 15) is 9.90 Å². The molecule has 0 fully saturated rings. The lowest BCUT2D eigenvalue weighted by Crippen LogP contribution is -2.20. The number of carboxylic acid groups (broad SMARTS) is 1. The van der Waals surface area contributed by atoms with Crippen LogP contribution in [0.15, 0.2) is 11.1 Å². The zero-order valence-corrected chi connectivity index (χ0v) is 17.8. The lowest BCUT2D eigenvalue weighted by molar-refractivity contribution is -0.133. The normalized spacial score (nSPS) is 13.0. The van der Waals surface area contributed by atoms with E-state index < -0.39 is 5.97 Å². The van der Waals surface area contributed by atoms with Crippen molar-refractivity contribution < 1.29 is 9.90 Å². The van der Waals surface area contributed by atoms with E-state index in [-0.39, 0.29) is 5.41 Å². The summed E-state index contributed by atoms with van der Waals surface area (Å²) < 4.78 is 0. The fourth-order valence-electron chi connectivity index (χ4n) is 3.69. The molecule has 0 bridgehead atoms. The van der Waals surface area contributed by atoms with E-state index in [1.54, 1.807) is 0 Å². The van der Waals surface area contributed by atoms with Gasteiger partial charge in [0.1, 0.15) is 0 Å². The Morgan fingerprint density at radius 2 is 1.24 bits per heavy atom. The van der Waals surface area contributed by atoms with E-state index in [0.717, 1.165) is 50.5 Å². The largest absolute Gasteiger partial charge is 0.478 e. The topological polar surface area (TPSA) is 37.3 Å². The van der Waals surface area contributed by atoms with Gasteiger partial charge in [0.2, 0.25) is 0 Å². The summed E-state index contributed by atoms with van der Waals surface area (Å²) >= 11 is 0. The van der Waals surface area contributed by atoms with Crippen LogP contribution in [0.4, 0.5) is 0 Å². The maximum absolute atomic E-state index is 12.0. The van der Waals surface area contributed by atoms with E-state index in [4.69, 9.17) is 0 Å². The van der Waals surface area contributed by atoms with Crippen molar-refractivity contribution in [3.63, 3.8) is 0 Å². The molecule has 2 heteroatoms. The molecule has 2 nitrogen and oxygen atoms in total. The Morgan fingerprint density at radius 3 is 1.76 bits per heavy atom. The first kappa shape index (κ1) is 24.2. The predicted molar refractivity (Wildman–Crippen MR) is 110 cm³/mol. The molecule has 0 aliphatic carbocycles. The van der Waals surface area contributed by atoms with E-state index in [1.807, 2.05) is 0 Å². The van der Waals surface area contributed by atoms with Gasteiger partial charge in [-0.05, 0) is 37.5 Å². The summed E-state index contributed by atoms with van der Waals surface area (Å²) in [5.74, 6) is -0.679. The molecule has 0 aliphatic heterocycles. The molecule has 1 N–H and O–H groups in total. The molecule has 0 saturated carbocycles. The van der Waals surface area contributed by atoms with Crippen molar-refractivity contribution in [2.75, 3.05) is 0 Å². The number of hydrogen-bond acceptors (Lipinski definition) is 1. The van der Waals surface area contributed by atoms with Crippen molar-refractivity contribution in [3.05, 3.63) is 11.1 Å². The van der Waals surface area contributed by atoms with Crippen LogP contribution in [0.2, 0.25) is 0 Å². The second-order valence-corrected chi connectivity index (χ2v) is 8.22. The summed E-state index contributed by atoms with van der Waals surface area (Å²) in [5, 5.41) is 9.85. The number of carboxylic acids is 1. The number of unbranched alkanes of at least 4 members (excludes halogenated alkanes) is 8. The van der Waals surface area contributed by atoms with E-state index in [1.165, 1.54) is 50.5 Å². The van der Waals surface area contributed by atoms with Gasteiger partial charge in [-0.25, -0.2) is 4.79 Å². The standard InChI is InChI=1S/C23H44O2/c1-6-9-12-14-16-19-23(4,5)21(18-11-8-3)20(22(24)25)17-15-13-10-7-2/h6-19H2,1-5H3,(H,24,25). The van der Waals surface area contributed by atoms with E-state index in [2.05, 4.69) is 34.6 Å². The van der Waals surface area contributed by atoms with Gasteiger partial charge in [0, 0.05) is 5.57 Å². The molecular formula is C23H44O2. The fraction of sp³-hybridized carbons (Fsp3) is 0.870. The molecule has 0 radical (unpaired) electrons. The van der Waals surface area contributed by atoms with Crippen LogP contribution in [-0.2, 0) is 4.79 Å². The molecule has 148 valence electrons. The van der Waals surface area contributed by atoms with Gasteiger partial charge >= 0.3 is 5.97 Å². The van der Waals surface area contributed by atoms with Gasteiger partial charge in [-0.15, -0.1) is 0 Å². The van der Waals surface area contributed by atoms with Gasteiger partial charge in [-0.3, -0.25) is 0 Å². The summed E-state index contributed by atoms with van der Waals surface area (Å²) in [7, 11) is 0. The van der Waals surface area contributed by atoms with Gasteiger partial charge in [0.05, 0.1) is 0 Å². The molecular weight excluding hydrogens is 308 g/mol. The third-order valence-corrected chi connectivity index (χ3v) is 5.41. The van der Waals surface area contributed by atoms with Gasteiger partial charge in [-0.1, -0.05) is 98.0 Å². The number of hydrogen-bond donors (Lipinski definition) is 1. The second kappa shape index (κ2) is 14.4. The van der Waals surface area contributed by atoms with Gasteiger partial charge < -0.3 is 5.11 Å². The average Bonchev–Trinajstić information content (AvgIpc) is 2.56. The monoisotopic (exact) mass is 352 g/mol. The highest BCUT2D eigenvalue weighted by molar-refractivity contribution is 5.87. The van der Waals surface area contributed by atoms with Crippen LogP contribution in [0.3, 0.4) is 0 Å². The number of rotatable bonds is 16. The molecule has 0 aromatic heterocycles. The zero-order chi connectivity index (χ0) is 19.1. The van der Waals surface area contributed by atoms with Crippen LogP contribution in [0.5, 0.6) is 0 Å². The van der Waals surface area contributed by atoms with Crippen molar-refractivity contribution >= 4 is 5.97 Å². The zero-order valence-electron chi connectivity index (χ0n) is 17.8. The highest BCUT2D eigenvalue weighted by Gasteiger charge is 2.27. The minimum absolute atomic E-state index is 0.0138. The summed E-state index contributed by atoms with van der Waals surface area (Å²) in [5.41, 5.74) is 1.97. The molecule has 25 heavy (non-hydrogen) atoms. The fourth-order valence-corrected chi connectivity index (χ4v) is 3.69.